The predicted molar refractivity (Wildman–Crippen MR) is 60.8 cm³/mol. The van der Waals surface area contributed by atoms with E-state index in [1.165, 1.54) is 0 Å². The van der Waals surface area contributed by atoms with Crippen LogP contribution in [0.3, 0.4) is 0 Å². The fourth-order valence-corrected chi connectivity index (χ4v) is 1.79. The number of aryl methyl sites for hydroxylation is 1. The van der Waals surface area contributed by atoms with Crippen LogP contribution in [0.2, 0.25) is 5.02 Å². The van der Waals surface area contributed by atoms with E-state index in [0.29, 0.717) is 11.6 Å². The highest BCUT2D eigenvalue weighted by molar-refractivity contribution is 9.10. The van der Waals surface area contributed by atoms with Crippen LogP contribution < -0.4 is 0 Å². The number of hydrogen-bond acceptors (Lipinski definition) is 3. The lowest BCUT2D eigenvalue weighted by molar-refractivity contribution is 0.632. The number of hydrogen-bond donors (Lipinski definition) is 0. The fraction of sp³-hybridized carbons (Fsp3) is 0.222. The maximum absolute atomic E-state index is 5.92. The highest BCUT2D eigenvalue weighted by Crippen LogP contribution is 2.21. The Bertz CT molecular complexity index is 483. The summed E-state index contributed by atoms with van der Waals surface area (Å²) in [7, 11) is 0. The maximum Gasteiger partial charge on any atom is 0.148 e. The van der Waals surface area contributed by atoms with Crippen molar-refractivity contribution in [2.75, 3.05) is 0 Å². The van der Waals surface area contributed by atoms with E-state index in [9.17, 15) is 0 Å². The fourth-order valence-electron chi connectivity index (χ4n) is 1.22. The van der Waals surface area contributed by atoms with Crippen LogP contribution in [0.1, 0.15) is 11.4 Å². The molecule has 0 fully saturated rings. The molecule has 0 saturated carbocycles. The first-order chi connectivity index (χ1) is 7.16. The molecule has 0 aliphatic heterocycles. The molecular weight excluding hydrogens is 279 g/mol. The standard InChI is InChI=1S/C9H8BrClN4/c1-6-12-13-14-15(6)5-7-4-8(11)2-3-9(7)10/h2-4H,5H2,1H3. The highest BCUT2D eigenvalue weighted by Gasteiger charge is 2.05. The first-order valence-electron chi connectivity index (χ1n) is 4.33. The van der Waals surface area contributed by atoms with Gasteiger partial charge in [0.1, 0.15) is 5.82 Å². The van der Waals surface area contributed by atoms with Crippen molar-refractivity contribution in [1.29, 1.82) is 0 Å². The molecule has 2 rings (SSSR count). The molecule has 0 saturated heterocycles. The minimum Gasteiger partial charge on any atom is -0.225 e. The van der Waals surface area contributed by atoms with Gasteiger partial charge >= 0.3 is 0 Å². The molecule has 0 atom stereocenters. The Hall–Kier alpha value is -0.940. The summed E-state index contributed by atoms with van der Waals surface area (Å²) in [5.74, 6) is 0.780. The van der Waals surface area contributed by atoms with E-state index >= 15 is 0 Å². The smallest absolute Gasteiger partial charge is 0.148 e. The Morgan fingerprint density at radius 2 is 2.27 bits per heavy atom. The van der Waals surface area contributed by atoms with E-state index in [0.717, 1.165) is 15.9 Å². The molecule has 0 bridgehead atoms. The zero-order valence-electron chi connectivity index (χ0n) is 7.98. The van der Waals surface area contributed by atoms with Crippen molar-refractivity contribution < 1.29 is 0 Å². The van der Waals surface area contributed by atoms with Gasteiger partial charge in [-0.15, -0.1) is 5.10 Å². The van der Waals surface area contributed by atoms with Crippen molar-refractivity contribution in [3.8, 4) is 0 Å². The molecule has 0 aliphatic rings. The first kappa shape index (κ1) is 10.6. The van der Waals surface area contributed by atoms with Crippen molar-refractivity contribution in [1.82, 2.24) is 20.2 Å². The largest absolute Gasteiger partial charge is 0.225 e. The average molecular weight is 288 g/mol. The van der Waals surface area contributed by atoms with Gasteiger partial charge in [-0.1, -0.05) is 27.5 Å². The third kappa shape index (κ3) is 2.35. The summed E-state index contributed by atoms with van der Waals surface area (Å²) in [6.07, 6.45) is 0. The van der Waals surface area contributed by atoms with Crippen molar-refractivity contribution in [3.05, 3.63) is 39.1 Å². The number of halogens is 2. The summed E-state index contributed by atoms with van der Waals surface area (Å²) in [4.78, 5) is 0. The first-order valence-corrected chi connectivity index (χ1v) is 5.50. The molecule has 0 N–H and O–H groups in total. The third-order valence-electron chi connectivity index (χ3n) is 2.04. The second kappa shape index (κ2) is 4.28. The number of aromatic nitrogens is 4. The second-order valence-electron chi connectivity index (χ2n) is 3.12. The van der Waals surface area contributed by atoms with E-state index < -0.39 is 0 Å². The lowest BCUT2D eigenvalue weighted by Gasteiger charge is -2.05. The summed E-state index contributed by atoms with van der Waals surface area (Å²) in [6.45, 7) is 2.47. The molecule has 15 heavy (non-hydrogen) atoms. The lowest BCUT2D eigenvalue weighted by Crippen LogP contribution is -2.04. The van der Waals surface area contributed by atoms with Gasteiger partial charge in [-0.25, -0.2) is 4.68 Å². The van der Waals surface area contributed by atoms with Crippen LogP contribution in [0.25, 0.3) is 0 Å². The third-order valence-corrected chi connectivity index (χ3v) is 3.05. The Morgan fingerprint density at radius 3 is 2.93 bits per heavy atom. The summed E-state index contributed by atoms with van der Waals surface area (Å²) >= 11 is 9.38. The molecule has 4 nitrogen and oxygen atoms in total. The van der Waals surface area contributed by atoms with Crippen LogP contribution in [0.15, 0.2) is 22.7 Å². The molecule has 0 radical (unpaired) electrons. The predicted octanol–water partition coefficient (Wildman–Crippen LogP) is 2.45. The molecule has 2 aromatic rings. The Kier molecular flexibility index (Phi) is 3.02. The van der Waals surface area contributed by atoms with E-state index in [2.05, 4.69) is 31.5 Å². The van der Waals surface area contributed by atoms with Crippen LogP contribution in [-0.2, 0) is 6.54 Å². The lowest BCUT2D eigenvalue weighted by atomic mass is 10.2. The zero-order valence-corrected chi connectivity index (χ0v) is 10.3. The summed E-state index contributed by atoms with van der Waals surface area (Å²) in [5.41, 5.74) is 1.05. The van der Waals surface area contributed by atoms with Crippen molar-refractivity contribution >= 4 is 27.5 Å². The van der Waals surface area contributed by atoms with Crippen molar-refractivity contribution in [2.24, 2.45) is 0 Å². The molecule has 6 heteroatoms. The molecule has 78 valence electrons. The van der Waals surface area contributed by atoms with Gasteiger partial charge in [-0.2, -0.15) is 0 Å². The summed E-state index contributed by atoms with van der Waals surface area (Å²) in [6, 6.07) is 5.64. The van der Waals surface area contributed by atoms with Crippen LogP contribution in [0.4, 0.5) is 0 Å². The Morgan fingerprint density at radius 1 is 1.47 bits per heavy atom. The Labute approximate surface area is 100 Å². The van der Waals surface area contributed by atoms with Gasteiger partial charge < -0.3 is 0 Å². The van der Waals surface area contributed by atoms with Gasteiger partial charge in [0.15, 0.2) is 0 Å². The molecule has 1 heterocycles. The molecule has 0 amide bonds. The molecule has 1 aromatic carbocycles. The van der Waals surface area contributed by atoms with Crippen molar-refractivity contribution in [3.63, 3.8) is 0 Å². The SMILES string of the molecule is Cc1nnnn1Cc1cc(Cl)ccc1Br. The van der Waals surface area contributed by atoms with Gasteiger partial charge in [0.25, 0.3) is 0 Å². The number of nitrogens with zero attached hydrogens (tertiary/aromatic N) is 4. The normalized spacial score (nSPS) is 10.6. The number of tetrazole rings is 1. The Balaban J connectivity index is 2.32. The molecule has 0 aliphatic carbocycles. The topological polar surface area (TPSA) is 43.6 Å². The van der Waals surface area contributed by atoms with Gasteiger partial charge in [-0.05, 0) is 41.1 Å². The number of rotatable bonds is 2. The average Bonchev–Trinajstić information content (AvgIpc) is 2.58. The molecule has 0 spiro atoms. The summed E-state index contributed by atoms with van der Waals surface area (Å²) in [5, 5.41) is 12.0. The van der Waals surface area contributed by atoms with Gasteiger partial charge in [0, 0.05) is 9.50 Å². The molecular formula is C9H8BrClN4. The molecule has 0 unspecified atom stereocenters. The van der Waals surface area contributed by atoms with Crippen LogP contribution in [-0.4, -0.2) is 20.2 Å². The van der Waals surface area contributed by atoms with E-state index in [-0.39, 0.29) is 0 Å². The van der Waals surface area contributed by atoms with E-state index in [1.807, 2.05) is 25.1 Å². The van der Waals surface area contributed by atoms with Crippen LogP contribution in [0.5, 0.6) is 0 Å². The monoisotopic (exact) mass is 286 g/mol. The van der Waals surface area contributed by atoms with Gasteiger partial charge in [0.2, 0.25) is 0 Å². The van der Waals surface area contributed by atoms with E-state index in [4.69, 9.17) is 11.6 Å². The quantitative estimate of drug-likeness (QED) is 0.852. The van der Waals surface area contributed by atoms with Gasteiger partial charge in [-0.3, -0.25) is 0 Å². The maximum atomic E-state index is 5.92. The molecule has 1 aromatic heterocycles. The zero-order chi connectivity index (χ0) is 10.8. The van der Waals surface area contributed by atoms with Gasteiger partial charge in [0.05, 0.1) is 6.54 Å². The minimum absolute atomic E-state index is 0.611. The van der Waals surface area contributed by atoms with Crippen LogP contribution in [0, 0.1) is 6.92 Å². The minimum atomic E-state index is 0.611. The van der Waals surface area contributed by atoms with Crippen molar-refractivity contribution in [2.45, 2.75) is 13.5 Å². The highest BCUT2D eigenvalue weighted by atomic mass is 79.9. The van der Waals surface area contributed by atoms with E-state index in [1.54, 1.807) is 4.68 Å². The summed E-state index contributed by atoms with van der Waals surface area (Å²) < 4.78 is 2.72. The van der Waals surface area contributed by atoms with Crippen LogP contribution >= 0.6 is 27.5 Å². The number of benzene rings is 1. The second-order valence-corrected chi connectivity index (χ2v) is 4.41.